The number of hydrogen-bond donors (Lipinski definition) is 1. The molecule has 0 atom stereocenters. The van der Waals surface area contributed by atoms with Crippen LogP contribution in [0.1, 0.15) is 10.4 Å². The minimum absolute atomic E-state index is 0.0475. The predicted octanol–water partition coefficient (Wildman–Crippen LogP) is 1.92. The smallest absolute Gasteiger partial charge is 0.251 e. The topological polar surface area (TPSA) is 29.1 Å². The number of amides is 1. The van der Waals surface area contributed by atoms with E-state index in [-0.39, 0.29) is 11.7 Å². The van der Waals surface area contributed by atoms with Crippen molar-refractivity contribution >= 4 is 5.91 Å². The second-order valence-electron chi connectivity index (χ2n) is 7.19. The molecule has 1 aromatic rings. The van der Waals surface area contributed by atoms with Crippen LogP contribution in [0.4, 0.5) is 4.39 Å². The number of carbonyl (C=O) groups excluding carboxylic acids is 1. The van der Waals surface area contributed by atoms with Crippen LogP contribution in [0.15, 0.2) is 24.3 Å². The van der Waals surface area contributed by atoms with E-state index in [0.29, 0.717) is 11.0 Å². The molecule has 6 aliphatic carbocycles. The van der Waals surface area contributed by atoms with Gasteiger partial charge in [-0.05, 0) is 71.1 Å². The summed E-state index contributed by atoms with van der Waals surface area (Å²) in [6.07, 6.45) is 0. The van der Waals surface area contributed by atoms with Gasteiger partial charge in [0, 0.05) is 12.1 Å². The number of halogens is 1. The number of benzene rings is 1. The average Bonchev–Trinajstić information content (AvgIpc) is 2.46. The maximum absolute atomic E-state index is 12.8. The second-order valence-corrected chi connectivity index (χ2v) is 7.19. The summed E-state index contributed by atoms with van der Waals surface area (Å²) in [4.78, 5) is 12.1. The van der Waals surface area contributed by atoms with Gasteiger partial charge in [-0.15, -0.1) is 0 Å². The average molecular weight is 254 g/mol. The summed E-state index contributed by atoms with van der Waals surface area (Å²) in [6.45, 7) is 0.861. The minimum atomic E-state index is -0.294. The molecule has 0 unspecified atom stereocenters. The highest BCUT2D eigenvalue weighted by molar-refractivity contribution is 5.94. The zero-order valence-electron chi connectivity index (χ0n) is 10.3. The zero-order chi connectivity index (χ0) is 12.5. The van der Waals surface area contributed by atoms with Gasteiger partial charge in [0.05, 0.1) is 0 Å². The van der Waals surface area contributed by atoms with Crippen LogP contribution in [0.25, 0.3) is 0 Å². The van der Waals surface area contributed by atoms with Gasteiger partial charge >= 0.3 is 0 Å². The van der Waals surface area contributed by atoms with E-state index >= 15 is 0 Å². The van der Waals surface area contributed by atoms with Crippen LogP contribution >= 0.6 is 0 Å². The van der Waals surface area contributed by atoms with Gasteiger partial charge in [-0.1, -0.05) is 0 Å². The van der Waals surface area contributed by atoms with Gasteiger partial charge in [0.15, 0.2) is 0 Å². The van der Waals surface area contributed by atoms with Crippen LogP contribution in [-0.2, 0) is 0 Å². The SMILES string of the molecule is O=C(NCC12C3C4C5C3C1C5C42)c1ccc([18F])cc1. The molecule has 0 spiro atoms. The molecule has 0 saturated heterocycles. The molecule has 3 heteroatoms. The molecule has 19 heavy (non-hydrogen) atoms. The summed E-state index contributed by atoms with van der Waals surface area (Å²) in [7, 11) is 0. The van der Waals surface area contributed by atoms with Crippen molar-refractivity contribution in [3.05, 3.63) is 35.6 Å². The molecule has 6 fully saturated rings. The van der Waals surface area contributed by atoms with E-state index < -0.39 is 0 Å². The standard InChI is InChI=1S/C16H14FNO/c17-7-3-1-6(2-4-7)15(19)18-5-16-12-9-8-10(12)14(16)11(8)13(9)16/h1-4,8-14H,5H2,(H,18,19)/i17-1. The van der Waals surface area contributed by atoms with Crippen LogP contribution in [-0.4, -0.2) is 12.5 Å². The Morgan fingerprint density at radius 2 is 1.63 bits per heavy atom. The van der Waals surface area contributed by atoms with Gasteiger partial charge in [0.1, 0.15) is 5.82 Å². The van der Waals surface area contributed by atoms with Crippen LogP contribution in [0.2, 0.25) is 0 Å². The van der Waals surface area contributed by atoms with Crippen molar-refractivity contribution in [1.82, 2.24) is 5.32 Å². The van der Waals surface area contributed by atoms with Crippen molar-refractivity contribution in [3.8, 4) is 0 Å². The third-order valence-electron chi connectivity index (χ3n) is 7.34. The van der Waals surface area contributed by atoms with E-state index in [0.717, 1.165) is 48.0 Å². The molecule has 0 bridgehead atoms. The van der Waals surface area contributed by atoms with Crippen LogP contribution in [0, 0.1) is 52.7 Å². The molecule has 0 aromatic heterocycles. The second kappa shape index (κ2) is 2.46. The Balaban J connectivity index is 1.19. The Morgan fingerprint density at radius 3 is 2.21 bits per heavy atom. The molecule has 0 radical (unpaired) electrons. The lowest BCUT2D eigenvalue weighted by Crippen LogP contribution is -3.06. The van der Waals surface area contributed by atoms with E-state index in [4.69, 9.17) is 0 Å². The summed E-state index contributed by atoms with van der Waals surface area (Å²) in [5.41, 5.74) is 1.09. The highest BCUT2D eigenvalue weighted by Crippen LogP contribution is 3.05. The van der Waals surface area contributed by atoms with Gasteiger partial charge in [-0.25, -0.2) is 4.39 Å². The molecule has 1 amide bonds. The van der Waals surface area contributed by atoms with Crippen molar-refractivity contribution in [2.24, 2.45) is 46.8 Å². The fraction of sp³-hybridized carbons (Fsp3) is 0.562. The Kier molecular flexibility index (Phi) is 1.23. The molecule has 1 N–H and O–H groups in total. The third kappa shape index (κ3) is 0.674. The maximum Gasteiger partial charge on any atom is 0.251 e. The fourth-order valence-electron chi connectivity index (χ4n) is 6.96. The van der Waals surface area contributed by atoms with Crippen molar-refractivity contribution in [3.63, 3.8) is 0 Å². The van der Waals surface area contributed by atoms with E-state index in [1.54, 1.807) is 12.1 Å². The monoisotopic (exact) mass is 254 g/mol. The lowest BCUT2D eigenvalue weighted by molar-refractivity contribution is -0.612. The highest BCUT2D eigenvalue weighted by atomic mass is 18.2. The number of rotatable bonds is 3. The predicted molar refractivity (Wildman–Crippen MR) is 65.6 cm³/mol. The van der Waals surface area contributed by atoms with Gasteiger partial charge in [-0.3, -0.25) is 4.79 Å². The van der Waals surface area contributed by atoms with Crippen LogP contribution in [0.5, 0.6) is 0 Å². The Morgan fingerprint density at radius 1 is 1.05 bits per heavy atom. The maximum atomic E-state index is 12.8. The van der Waals surface area contributed by atoms with Gasteiger partial charge in [-0.2, -0.15) is 0 Å². The lowest BCUT2D eigenvalue weighted by atomic mass is 8.96. The molecule has 1 aromatic carbocycles. The first-order valence-corrected chi connectivity index (χ1v) is 7.29. The van der Waals surface area contributed by atoms with E-state index in [2.05, 4.69) is 5.32 Å². The quantitative estimate of drug-likeness (QED) is 0.877. The molecule has 0 aliphatic heterocycles. The van der Waals surface area contributed by atoms with Crippen molar-refractivity contribution in [2.75, 3.05) is 6.54 Å². The van der Waals surface area contributed by atoms with E-state index in [9.17, 15) is 9.18 Å². The normalized spacial score (nSPS) is 55.7. The minimum Gasteiger partial charge on any atom is -0.351 e. The molecular weight excluding hydrogens is 240 g/mol. The first-order valence-electron chi connectivity index (χ1n) is 7.29. The summed E-state index contributed by atoms with van der Waals surface area (Å²) in [5, 5.41) is 3.09. The third-order valence-corrected chi connectivity index (χ3v) is 7.34. The molecular formula is C16H14FNO. The Labute approximate surface area is 110 Å². The molecule has 96 valence electrons. The fourth-order valence-corrected chi connectivity index (χ4v) is 6.96. The number of nitrogens with one attached hydrogen (secondary N) is 1. The first kappa shape index (κ1) is 9.51. The summed E-state index contributed by atoms with van der Waals surface area (Å²) < 4.78 is 12.8. The van der Waals surface area contributed by atoms with Crippen molar-refractivity contribution < 1.29 is 9.18 Å². The van der Waals surface area contributed by atoms with Gasteiger partial charge < -0.3 is 5.32 Å². The van der Waals surface area contributed by atoms with Gasteiger partial charge in [0.2, 0.25) is 0 Å². The van der Waals surface area contributed by atoms with Crippen LogP contribution < -0.4 is 5.32 Å². The molecule has 2 nitrogen and oxygen atoms in total. The Bertz CT molecular complexity index is 586. The zero-order valence-corrected chi connectivity index (χ0v) is 10.3. The molecule has 0 heterocycles. The van der Waals surface area contributed by atoms with Crippen LogP contribution in [0.3, 0.4) is 0 Å². The molecule has 7 rings (SSSR count). The first-order chi connectivity index (χ1) is 9.25. The van der Waals surface area contributed by atoms with E-state index in [1.807, 2.05) is 0 Å². The summed E-state index contributed by atoms with van der Waals surface area (Å²) in [5.74, 6) is 6.84. The highest BCUT2D eigenvalue weighted by Gasteiger charge is 3.03. The molecule has 6 aliphatic rings. The number of hydrogen-bond acceptors (Lipinski definition) is 1. The number of carbonyl (C=O) groups is 1. The Hall–Kier alpha value is -1.38. The van der Waals surface area contributed by atoms with E-state index in [1.165, 1.54) is 12.1 Å². The van der Waals surface area contributed by atoms with Crippen molar-refractivity contribution in [1.29, 1.82) is 0 Å². The molecule has 6 saturated carbocycles. The lowest BCUT2D eigenvalue weighted by Gasteiger charge is -3.08. The summed E-state index contributed by atoms with van der Waals surface area (Å²) in [6, 6.07) is 5.81. The van der Waals surface area contributed by atoms with Gasteiger partial charge in [0.25, 0.3) is 5.91 Å². The largest absolute Gasteiger partial charge is 0.351 e. The summed E-state index contributed by atoms with van der Waals surface area (Å²) >= 11 is 0. The van der Waals surface area contributed by atoms with Crippen molar-refractivity contribution in [2.45, 2.75) is 0 Å².